The second-order valence-corrected chi connectivity index (χ2v) is 12.1. The van der Waals surface area contributed by atoms with E-state index >= 15 is 0 Å². The number of benzene rings is 1. The van der Waals surface area contributed by atoms with Gasteiger partial charge in [-0.15, -0.1) is 0 Å². The minimum atomic E-state index is -2.39. The second kappa shape index (κ2) is 8.90. The Hall–Kier alpha value is -2.79. The number of rotatable bonds is 4. The van der Waals surface area contributed by atoms with Crippen LogP contribution < -0.4 is 11.1 Å². The van der Waals surface area contributed by atoms with Crippen molar-refractivity contribution in [3.8, 4) is 5.75 Å². The molecule has 37 heavy (non-hydrogen) atoms. The number of aliphatic hydroxyl groups is 3. The first kappa shape index (κ1) is 27.3. The molecule has 0 spiro atoms. The van der Waals surface area contributed by atoms with Crippen LogP contribution in [0.5, 0.6) is 5.75 Å². The van der Waals surface area contributed by atoms with Gasteiger partial charge in [0.25, 0.3) is 5.91 Å². The number of phenolic OH excluding ortho intramolecular Hbond substituents is 1. The third-order valence-electron chi connectivity index (χ3n) is 8.34. The maximum atomic E-state index is 14.0. The average molecular weight is 516 g/mol. The molecule has 0 aliphatic heterocycles. The van der Waals surface area contributed by atoms with Crippen molar-refractivity contribution in [2.45, 2.75) is 57.4 Å². The first-order valence-corrected chi connectivity index (χ1v) is 12.5. The molecule has 1 aromatic rings. The number of hydrogen-bond acceptors (Lipinski definition) is 9. The monoisotopic (exact) mass is 515 g/mol. The lowest BCUT2D eigenvalue weighted by Gasteiger charge is -2.60. The van der Waals surface area contributed by atoms with Crippen LogP contribution in [-0.2, 0) is 9.59 Å². The van der Waals surface area contributed by atoms with E-state index < -0.39 is 76.3 Å². The van der Waals surface area contributed by atoms with E-state index in [0.29, 0.717) is 12.1 Å². The van der Waals surface area contributed by atoms with Gasteiger partial charge in [-0.2, -0.15) is 0 Å². The van der Waals surface area contributed by atoms with Gasteiger partial charge in [-0.1, -0.05) is 39.8 Å². The molecular formula is C27H37N3O7. The summed E-state index contributed by atoms with van der Waals surface area (Å²) in [6, 6.07) is 2.34. The molecule has 7 N–H and O–H groups in total. The van der Waals surface area contributed by atoms with Crippen molar-refractivity contribution in [2.75, 3.05) is 20.6 Å². The lowest BCUT2D eigenvalue weighted by Crippen LogP contribution is -2.77. The standard InChI is InChI=1S/C27H37N3O7/c1-11-12-8-7-9-13(31)15(12)20(32)16-14(11)21(33)18-19(30(5)6)22(34)17(25(28)36)24(35)27(18,37)23(16)29-10-26(2,3)4/h7-9,11,14,16,18-19,21,23,29,31,33,35,37H,10H2,1-6H3,(H2,28,36)/t11-,14?,16?,18?,19-,21-,23?,27-/m0/s1. The summed E-state index contributed by atoms with van der Waals surface area (Å²) in [4.78, 5) is 41.3. The quantitative estimate of drug-likeness (QED) is 0.311. The van der Waals surface area contributed by atoms with Crippen molar-refractivity contribution >= 4 is 17.5 Å². The molecule has 0 saturated heterocycles. The number of aliphatic hydroxyl groups excluding tert-OH is 2. The number of fused-ring (bicyclic) bond motifs is 3. The van der Waals surface area contributed by atoms with Crippen molar-refractivity contribution in [3.05, 3.63) is 40.7 Å². The summed E-state index contributed by atoms with van der Waals surface area (Å²) in [5.41, 5.74) is 2.69. The van der Waals surface area contributed by atoms with Gasteiger partial charge in [-0.05, 0) is 37.1 Å². The number of likely N-dealkylation sites (N-methyl/N-ethyl adjacent to an activating group) is 1. The van der Waals surface area contributed by atoms with Crippen LogP contribution in [0.1, 0.15) is 49.5 Å². The lowest BCUT2D eigenvalue weighted by atomic mass is 9.49. The smallest absolute Gasteiger partial charge is 0.255 e. The normalized spacial score (nSPS) is 35.8. The number of amides is 1. The van der Waals surface area contributed by atoms with Gasteiger partial charge in [-0.3, -0.25) is 19.3 Å². The fourth-order valence-electron chi connectivity index (χ4n) is 6.78. The summed E-state index contributed by atoms with van der Waals surface area (Å²) in [5.74, 6) is -7.25. The van der Waals surface area contributed by atoms with Crippen LogP contribution >= 0.6 is 0 Å². The zero-order chi connectivity index (χ0) is 27.8. The number of hydrogen-bond donors (Lipinski definition) is 6. The molecule has 3 aliphatic carbocycles. The van der Waals surface area contributed by atoms with Crippen LogP contribution in [0.3, 0.4) is 0 Å². The molecule has 1 aromatic carbocycles. The van der Waals surface area contributed by atoms with Crippen molar-refractivity contribution in [2.24, 2.45) is 28.9 Å². The Morgan fingerprint density at radius 3 is 2.32 bits per heavy atom. The van der Waals surface area contributed by atoms with Crippen molar-refractivity contribution < 1.29 is 34.8 Å². The molecular weight excluding hydrogens is 478 g/mol. The third kappa shape index (κ3) is 3.89. The third-order valence-corrected chi connectivity index (χ3v) is 8.34. The van der Waals surface area contributed by atoms with E-state index in [1.54, 1.807) is 26.2 Å². The Kier molecular flexibility index (Phi) is 6.56. The molecule has 0 bridgehead atoms. The van der Waals surface area contributed by atoms with Crippen LogP contribution in [0.4, 0.5) is 0 Å². The Morgan fingerprint density at radius 1 is 1.16 bits per heavy atom. The maximum absolute atomic E-state index is 14.0. The number of primary amides is 1. The Morgan fingerprint density at radius 2 is 1.78 bits per heavy atom. The molecule has 10 nitrogen and oxygen atoms in total. The number of carbonyl (C=O) groups is 3. The summed E-state index contributed by atoms with van der Waals surface area (Å²) >= 11 is 0. The highest BCUT2D eigenvalue weighted by Crippen LogP contribution is 2.56. The molecule has 10 heteroatoms. The zero-order valence-electron chi connectivity index (χ0n) is 22.0. The highest BCUT2D eigenvalue weighted by atomic mass is 16.3. The van der Waals surface area contributed by atoms with Crippen molar-refractivity contribution in [3.63, 3.8) is 0 Å². The molecule has 0 heterocycles. The first-order chi connectivity index (χ1) is 17.1. The van der Waals surface area contributed by atoms with E-state index in [-0.39, 0.29) is 16.7 Å². The number of nitrogens with two attached hydrogens (primary N) is 1. The first-order valence-electron chi connectivity index (χ1n) is 12.5. The fraction of sp³-hybridized carbons (Fsp3) is 0.593. The summed E-state index contributed by atoms with van der Waals surface area (Å²) in [5, 5.41) is 49.4. The molecule has 8 atom stereocenters. The zero-order valence-corrected chi connectivity index (χ0v) is 22.0. The fourth-order valence-corrected chi connectivity index (χ4v) is 6.78. The number of Topliss-reactive ketones (excluding diaryl/α,β-unsaturated/α-hetero) is 2. The van der Waals surface area contributed by atoms with E-state index in [2.05, 4.69) is 5.32 Å². The largest absolute Gasteiger partial charge is 0.508 e. The number of nitrogens with one attached hydrogen (secondary N) is 1. The molecule has 0 aromatic heterocycles. The SMILES string of the molecule is C[C@H]1c2cccc(O)c2C(=O)C2C1[C@H](O)C1[C@H](N(C)C)C(=O)C(C(N)=O)=C(O)[C@@]1(O)C2NCC(C)(C)C. The molecule has 1 fully saturated rings. The van der Waals surface area contributed by atoms with Gasteiger partial charge in [0.15, 0.2) is 11.6 Å². The summed E-state index contributed by atoms with van der Waals surface area (Å²) < 4.78 is 0. The minimum Gasteiger partial charge on any atom is -0.508 e. The number of ketones is 2. The van der Waals surface area contributed by atoms with E-state index in [0.717, 1.165) is 0 Å². The highest BCUT2D eigenvalue weighted by Gasteiger charge is 2.70. The van der Waals surface area contributed by atoms with Gasteiger partial charge >= 0.3 is 0 Å². The molecule has 0 radical (unpaired) electrons. The Balaban J connectivity index is 2.04. The molecule has 202 valence electrons. The molecule has 4 rings (SSSR count). The van der Waals surface area contributed by atoms with E-state index in [9.17, 15) is 34.8 Å². The van der Waals surface area contributed by atoms with Gasteiger partial charge in [-0.25, -0.2) is 0 Å². The van der Waals surface area contributed by atoms with E-state index in [1.807, 2.05) is 27.7 Å². The van der Waals surface area contributed by atoms with Gasteiger partial charge < -0.3 is 31.5 Å². The number of nitrogens with zero attached hydrogens (tertiary/aromatic N) is 1. The van der Waals surface area contributed by atoms with E-state index in [4.69, 9.17) is 5.73 Å². The van der Waals surface area contributed by atoms with Crippen LogP contribution in [0, 0.1) is 23.2 Å². The van der Waals surface area contributed by atoms with Crippen LogP contribution in [0.2, 0.25) is 0 Å². The molecule has 3 aliphatic rings. The van der Waals surface area contributed by atoms with E-state index in [1.165, 1.54) is 11.0 Å². The Bertz CT molecular complexity index is 1190. The number of phenols is 1. The molecule has 4 unspecified atom stereocenters. The van der Waals surface area contributed by atoms with Crippen LogP contribution in [0.25, 0.3) is 0 Å². The van der Waals surface area contributed by atoms with Crippen LogP contribution in [0.15, 0.2) is 29.5 Å². The summed E-state index contributed by atoms with van der Waals surface area (Å²) in [6.45, 7) is 7.96. The van der Waals surface area contributed by atoms with Crippen molar-refractivity contribution in [1.82, 2.24) is 10.2 Å². The predicted octanol–water partition coefficient (Wildman–Crippen LogP) is 0.461. The topological polar surface area (TPSA) is 173 Å². The number of carbonyl (C=O) groups excluding carboxylic acids is 3. The highest BCUT2D eigenvalue weighted by molar-refractivity contribution is 6.22. The summed E-state index contributed by atoms with van der Waals surface area (Å²) in [6.07, 6.45) is -1.43. The van der Waals surface area contributed by atoms with Gasteiger partial charge in [0.2, 0.25) is 0 Å². The predicted molar refractivity (Wildman–Crippen MR) is 135 cm³/mol. The van der Waals surface area contributed by atoms with Gasteiger partial charge in [0.05, 0.1) is 23.8 Å². The molecule has 1 amide bonds. The second-order valence-electron chi connectivity index (χ2n) is 12.1. The Labute approximate surface area is 216 Å². The summed E-state index contributed by atoms with van der Waals surface area (Å²) in [7, 11) is 3.15. The lowest BCUT2D eigenvalue weighted by molar-refractivity contribution is -0.188. The van der Waals surface area contributed by atoms with Crippen LogP contribution in [-0.4, -0.2) is 87.2 Å². The van der Waals surface area contributed by atoms with Gasteiger partial charge in [0.1, 0.15) is 22.7 Å². The number of aromatic hydroxyl groups is 1. The van der Waals surface area contributed by atoms with Gasteiger partial charge in [0, 0.05) is 24.3 Å². The van der Waals surface area contributed by atoms with Crippen molar-refractivity contribution in [1.29, 1.82) is 0 Å². The average Bonchev–Trinajstić information content (AvgIpc) is 2.77. The minimum absolute atomic E-state index is 0.0997. The molecule has 1 saturated carbocycles. The maximum Gasteiger partial charge on any atom is 0.255 e.